The molecule has 1 heterocycles. The first kappa shape index (κ1) is 12.8. The van der Waals surface area contributed by atoms with Gasteiger partial charge in [0.2, 0.25) is 5.91 Å². The minimum Gasteiger partial charge on any atom is -0.355 e. The Morgan fingerprint density at radius 2 is 2.27 bits per heavy atom. The Labute approximate surface area is 98.0 Å². The molecular weight excluding hydrogens is 208 g/mol. The highest BCUT2D eigenvalue weighted by Gasteiger charge is 2.22. The van der Waals surface area contributed by atoms with Gasteiger partial charge in [-0.3, -0.25) is 4.79 Å². The molecule has 2 unspecified atom stereocenters. The SMILES string of the molecule is CC(C)C(S)C(=O)NCC1CCN(C)C1. The van der Waals surface area contributed by atoms with Crippen LogP contribution in [0, 0.1) is 11.8 Å². The zero-order valence-electron chi connectivity index (χ0n) is 9.86. The number of rotatable bonds is 4. The molecule has 0 aromatic carbocycles. The molecule has 0 aromatic rings. The highest BCUT2D eigenvalue weighted by atomic mass is 32.1. The predicted molar refractivity (Wildman–Crippen MR) is 66.2 cm³/mol. The summed E-state index contributed by atoms with van der Waals surface area (Å²) in [6, 6.07) is 0. The summed E-state index contributed by atoms with van der Waals surface area (Å²) in [5.41, 5.74) is 0. The molecule has 1 aliphatic heterocycles. The van der Waals surface area contributed by atoms with Crippen molar-refractivity contribution in [1.82, 2.24) is 10.2 Å². The van der Waals surface area contributed by atoms with Gasteiger partial charge in [0.1, 0.15) is 0 Å². The number of thiol groups is 1. The zero-order chi connectivity index (χ0) is 11.4. The molecular formula is C11H22N2OS. The van der Waals surface area contributed by atoms with E-state index in [0.717, 1.165) is 19.6 Å². The van der Waals surface area contributed by atoms with Gasteiger partial charge in [-0.1, -0.05) is 13.8 Å². The third-order valence-corrected chi connectivity index (χ3v) is 3.78. The Morgan fingerprint density at radius 3 is 2.73 bits per heavy atom. The van der Waals surface area contributed by atoms with E-state index in [-0.39, 0.29) is 11.2 Å². The summed E-state index contributed by atoms with van der Waals surface area (Å²) in [6.45, 7) is 7.07. The fraction of sp³-hybridized carbons (Fsp3) is 0.909. The van der Waals surface area contributed by atoms with Crippen LogP contribution in [0.2, 0.25) is 0 Å². The van der Waals surface area contributed by atoms with Crippen LogP contribution in [0.5, 0.6) is 0 Å². The third kappa shape index (κ3) is 4.03. The highest BCUT2D eigenvalue weighted by Crippen LogP contribution is 2.14. The van der Waals surface area contributed by atoms with Crippen molar-refractivity contribution in [3.05, 3.63) is 0 Å². The van der Waals surface area contributed by atoms with Gasteiger partial charge < -0.3 is 10.2 Å². The van der Waals surface area contributed by atoms with Crippen LogP contribution in [0.15, 0.2) is 0 Å². The van der Waals surface area contributed by atoms with Gasteiger partial charge in [-0.25, -0.2) is 0 Å². The average molecular weight is 230 g/mol. The Hall–Kier alpha value is -0.220. The second kappa shape index (κ2) is 5.75. The number of hydrogen-bond donors (Lipinski definition) is 2. The maximum atomic E-state index is 11.6. The predicted octanol–water partition coefficient (Wildman–Crippen LogP) is 1.01. The summed E-state index contributed by atoms with van der Waals surface area (Å²) in [7, 11) is 2.12. The molecule has 15 heavy (non-hydrogen) atoms. The Balaban J connectivity index is 2.22. The first-order valence-corrected chi connectivity index (χ1v) is 6.16. The number of nitrogens with zero attached hydrogens (tertiary/aromatic N) is 1. The van der Waals surface area contributed by atoms with Gasteiger partial charge in [0, 0.05) is 13.1 Å². The number of carbonyl (C=O) groups excluding carboxylic acids is 1. The van der Waals surface area contributed by atoms with Crippen LogP contribution < -0.4 is 5.32 Å². The van der Waals surface area contributed by atoms with Crippen LogP contribution in [-0.2, 0) is 4.79 Å². The van der Waals surface area contributed by atoms with E-state index >= 15 is 0 Å². The normalized spacial score (nSPS) is 24.5. The third-order valence-electron chi connectivity index (χ3n) is 2.95. The van der Waals surface area contributed by atoms with Gasteiger partial charge in [-0.15, -0.1) is 0 Å². The van der Waals surface area contributed by atoms with E-state index in [1.807, 2.05) is 13.8 Å². The molecule has 0 radical (unpaired) electrons. The molecule has 0 aliphatic carbocycles. The highest BCUT2D eigenvalue weighted by molar-refractivity contribution is 7.81. The van der Waals surface area contributed by atoms with E-state index in [9.17, 15) is 4.79 Å². The van der Waals surface area contributed by atoms with E-state index in [4.69, 9.17) is 0 Å². The second-order valence-electron chi connectivity index (χ2n) is 4.85. The van der Waals surface area contributed by atoms with E-state index in [0.29, 0.717) is 11.8 Å². The van der Waals surface area contributed by atoms with E-state index in [2.05, 4.69) is 29.9 Å². The zero-order valence-corrected chi connectivity index (χ0v) is 10.8. The molecule has 4 heteroatoms. The molecule has 1 aliphatic rings. The van der Waals surface area contributed by atoms with Crippen LogP contribution in [-0.4, -0.2) is 42.7 Å². The van der Waals surface area contributed by atoms with Crippen LogP contribution >= 0.6 is 12.6 Å². The molecule has 1 N–H and O–H groups in total. The molecule has 0 aromatic heterocycles. The van der Waals surface area contributed by atoms with Crippen molar-refractivity contribution in [1.29, 1.82) is 0 Å². The first-order chi connectivity index (χ1) is 7.00. The summed E-state index contributed by atoms with van der Waals surface area (Å²) in [4.78, 5) is 13.9. The van der Waals surface area contributed by atoms with Crippen molar-refractivity contribution in [2.45, 2.75) is 25.5 Å². The smallest absolute Gasteiger partial charge is 0.233 e. The van der Waals surface area contributed by atoms with Crippen LogP contribution in [0.25, 0.3) is 0 Å². The molecule has 1 amide bonds. The van der Waals surface area contributed by atoms with Gasteiger partial charge in [-0.2, -0.15) is 12.6 Å². The number of amides is 1. The molecule has 0 saturated carbocycles. The summed E-state index contributed by atoms with van der Waals surface area (Å²) in [5, 5.41) is 2.81. The number of hydrogen-bond acceptors (Lipinski definition) is 3. The van der Waals surface area contributed by atoms with Crippen molar-refractivity contribution in [2.24, 2.45) is 11.8 Å². The summed E-state index contributed by atoms with van der Waals surface area (Å²) in [5.74, 6) is 0.981. The lowest BCUT2D eigenvalue weighted by Gasteiger charge is -2.16. The van der Waals surface area contributed by atoms with Crippen LogP contribution in [0.1, 0.15) is 20.3 Å². The van der Waals surface area contributed by atoms with Gasteiger partial charge in [0.15, 0.2) is 0 Å². The molecule has 0 spiro atoms. The van der Waals surface area contributed by atoms with Crippen molar-refractivity contribution >= 4 is 18.5 Å². The fourth-order valence-electron chi connectivity index (χ4n) is 1.85. The second-order valence-corrected chi connectivity index (χ2v) is 5.41. The summed E-state index contributed by atoms with van der Waals surface area (Å²) >= 11 is 4.29. The van der Waals surface area contributed by atoms with Gasteiger partial charge in [-0.05, 0) is 31.8 Å². The molecule has 1 saturated heterocycles. The average Bonchev–Trinajstić information content (AvgIpc) is 2.59. The number of carbonyl (C=O) groups is 1. The molecule has 0 bridgehead atoms. The minimum atomic E-state index is -0.177. The Kier molecular flexibility index (Phi) is 4.93. The van der Waals surface area contributed by atoms with E-state index in [1.54, 1.807) is 0 Å². The van der Waals surface area contributed by atoms with Crippen LogP contribution in [0.4, 0.5) is 0 Å². The lowest BCUT2D eigenvalue weighted by molar-refractivity contribution is -0.121. The standard InChI is InChI=1S/C11H22N2OS/c1-8(2)10(15)11(14)12-6-9-4-5-13(3)7-9/h8-10,15H,4-7H2,1-3H3,(H,12,14). The molecule has 1 fully saturated rings. The first-order valence-electron chi connectivity index (χ1n) is 5.65. The number of nitrogens with one attached hydrogen (secondary N) is 1. The quantitative estimate of drug-likeness (QED) is 0.707. The lowest BCUT2D eigenvalue weighted by atomic mass is 10.1. The van der Waals surface area contributed by atoms with Crippen molar-refractivity contribution in [3.8, 4) is 0 Å². The largest absolute Gasteiger partial charge is 0.355 e. The fourth-order valence-corrected chi connectivity index (χ4v) is 1.94. The van der Waals surface area contributed by atoms with Gasteiger partial charge in [0.25, 0.3) is 0 Å². The Morgan fingerprint density at radius 1 is 1.60 bits per heavy atom. The summed E-state index contributed by atoms with van der Waals surface area (Å²) < 4.78 is 0. The molecule has 3 nitrogen and oxygen atoms in total. The van der Waals surface area contributed by atoms with Crippen molar-refractivity contribution in [2.75, 3.05) is 26.7 Å². The molecule has 1 rings (SSSR count). The minimum absolute atomic E-state index is 0.0721. The number of likely N-dealkylation sites (tertiary alicyclic amines) is 1. The topological polar surface area (TPSA) is 32.3 Å². The maximum Gasteiger partial charge on any atom is 0.233 e. The molecule has 88 valence electrons. The van der Waals surface area contributed by atoms with E-state index < -0.39 is 0 Å². The molecule has 2 atom stereocenters. The summed E-state index contributed by atoms with van der Waals surface area (Å²) in [6.07, 6.45) is 1.19. The monoisotopic (exact) mass is 230 g/mol. The lowest BCUT2D eigenvalue weighted by Crippen LogP contribution is -2.37. The van der Waals surface area contributed by atoms with Gasteiger partial charge >= 0.3 is 0 Å². The van der Waals surface area contributed by atoms with Gasteiger partial charge in [0.05, 0.1) is 5.25 Å². The van der Waals surface area contributed by atoms with E-state index in [1.165, 1.54) is 6.42 Å². The van der Waals surface area contributed by atoms with Crippen molar-refractivity contribution in [3.63, 3.8) is 0 Å². The maximum absolute atomic E-state index is 11.6. The van der Waals surface area contributed by atoms with Crippen molar-refractivity contribution < 1.29 is 4.79 Å². The van der Waals surface area contributed by atoms with Crippen LogP contribution in [0.3, 0.4) is 0 Å². The Bertz CT molecular complexity index is 221.